The van der Waals surface area contributed by atoms with Crippen molar-refractivity contribution in [2.45, 2.75) is 45.1 Å². The minimum Gasteiger partial charge on any atom is -0.457 e. The van der Waals surface area contributed by atoms with Gasteiger partial charge in [-0.05, 0) is 18.6 Å². The number of thioether (sulfide) groups is 1. The summed E-state index contributed by atoms with van der Waals surface area (Å²) in [6.07, 6.45) is 6.48. The molecular weight excluding hydrogens is 346 g/mol. The molecule has 2 aromatic rings. The molecule has 0 fully saturated rings. The molecule has 1 N–H and O–H groups in total. The van der Waals surface area contributed by atoms with Crippen LogP contribution in [0.15, 0.2) is 48.5 Å². The Balaban J connectivity index is 1.63. The van der Waals surface area contributed by atoms with Crippen molar-refractivity contribution >= 4 is 28.3 Å². The molecule has 2 aromatic carbocycles. The zero-order valence-corrected chi connectivity index (χ0v) is 16.3. The van der Waals surface area contributed by atoms with Gasteiger partial charge in [0.25, 0.3) is 0 Å². The number of thiocarbonyl (C=S) groups is 1. The molecule has 0 radical (unpaired) electrons. The van der Waals surface area contributed by atoms with Crippen LogP contribution in [-0.2, 0) is 0 Å². The maximum atomic E-state index is 6.04. The van der Waals surface area contributed by atoms with Gasteiger partial charge in [0, 0.05) is 16.9 Å². The van der Waals surface area contributed by atoms with Crippen molar-refractivity contribution in [3.8, 4) is 11.5 Å². The van der Waals surface area contributed by atoms with Crippen LogP contribution in [0.1, 0.15) is 56.2 Å². The van der Waals surface area contributed by atoms with E-state index in [4.69, 9.17) is 17.0 Å². The van der Waals surface area contributed by atoms with Gasteiger partial charge in [-0.25, -0.2) is 0 Å². The number of rotatable bonds is 7. The molecular formula is C21H25NOS2. The molecule has 0 aromatic heterocycles. The highest BCUT2D eigenvalue weighted by Gasteiger charge is 2.27. The maximum Gasteiger partial charge on any atom is 0.134 e. The summed E-state index contributed by atoms with van der Waals surface area (Å²) < 4.78 is 6.90. The quantitative estimate of drug-likeness (QED) is 0.445. The molecule has 1 aliphatic rings. The van der Waals surface area contributed by atoms with Gasteiger partial charge in [0.2, 0.25) is 0 Å². The van der Waals surface area contributed by atoms with Gasteiger partial charge in [-0.2, -0.15) is 0 Å². The van der Waals surface area contributed by atoms with E-state index in [-0.39, 0.29) is 6.04 Å². The number of fused-ring (bicyclic) bond motifs is 2. The van der Waals surface area contributed by atoms with Crippen LogP contribution in [0.4, 0.5) is 0 Å². The van der Waals surface area contributed by atoms with Crippen molar-refractivity contribution in [2.75, 3.05) is 5.75 Å². The van der Waals surface area contributed by atoms with Gasteiger partial charge in [-0.1, -0.05) is 93.0 Å². The second-order valence-corrected chi connectivity index (χ2v) is 8.08. The van der Waals surface area contributed by atoms with E-state index in [1.807, 2.05) is 24.3 Å². The molecule has 132 valence electrons. The molecule has 0 aliphatic carbocycles. The Labute approximate surface area is 160 Å². The van der Waals surface area contributed by atoms with Crippen LogP contribution >= 0.6 is 24.0 Å². The van der Waals surface area contributed by atoms with Crippen LogP contribution in [0.3, 0.4) is 0 Å². The molecule has 4 heteroatoms. The molecule has 0 spiro atoms. The zero-order chi connectivity index (χ0) is 17.5. The Hall–Kier alpha value is -1.52. The SMILES string of the molecule is CCCCCCCSC(=S)NC1c2ccccc2Oc2ccccc21. The fourth-order valence-corrected chi connectivity index (χ4v) is 4.20. The van der Waals surface area contributed by atoms with Gasteiger partial charge in [0.05, 0.1) is 6.04 Å². The number of unbranched alkanes of at least 4 members (excludes halogenated alkanes) is 4. The monoisotopic (exact) mass is 371 g/mol. The van der Waals surface area contributed by atoms with Crippen molar-refractivity contribution < 1.29 is 4.74 Å². The summed E-state index contributed by atoms with van der Waals surface area (Å²) >= 11 is 7.36. The lowest BCUT2D eigenvalue weighted by Crippen LogP contribution is -2.28. The first kappa shape index (κ1) is 18.3. The van der Waals surface area contributed by atoms with Gasteiger partial charge in [0.1, 0.15) is 15.8 Å². The topological polar surface area (TPSA) is 21.3 Å². The van der Waals surface area contributed by atoms with E-state index >= 15 is 0 Å². The Morgan fingerprint density at radius 3 is 2.20 bits per heavy atom. The summed E-state index contributed by atoms with van der Waals surface area (Å²) in [6, 6.07) is 16.4. The highest BCUT2D eigenvalue weighted by molar-refractivity contribution is 8.22. The van der Waals surface area contributed by atoms with E-state index in [1.54, 1.807) is 11.8 Å². The van der Waals surface area contributed by atoms with E-state index in [0.29, 0.717) is 0 Å². The summed E-state index contributed by atoms with van der Waals surface area (Å²) in [4.78, 5) is 0. The van der Waals surface area contributed by atoms with E-state index in [1.165, 1.54) is 32.1 Å². The van der Waals surface area contributed by atoms with Crippen molar-refractivity contribution in [1.29, 1.82) is 0 Å². The Bertz CT molecular complexity index is 671. The van der Waals surface area contributed by atoms with Crippen LogP contribution in [-0.4, -0.2) is 10.1 Å². The third-order valence-corrected chi connectivity index (χ3v) is 5.77. The molecule has 25 heavy (non-hydrogen) atoms. The van der Waals surface area contributed by atoms with Crippen LogP contribution in [0.25, 0.3) is 0 Å². The maximum absolute atomic E-state index is 6.04. The number of hydrogen-bond acceptors (Lipinski definition) is 3. The molecule has 0 saturated carbocycles. The van der Waals surface area contributed by atoms with Gasteiger partial charge in [-0.3, -0.25) is 0 Å². The largest absolute Gasteiger partial charge is 0.457 e. The average Bonchev–Trinajstić information content (AvgIpc) is 2.64. The highest BCUT2D eigenvalue weighted by atomic mass is 32.2. The first-order valence-electron chi connectivity index (χ1n) is 9.08. The fraction of sp³-hybridized carbons (Fsp3) is 0.381. The minimum atomic E-state index is 0.0567. The minimum absolute atomic E-state index is 0.0567. The fourth-order valence-electron chi connectivity index (χ4n) is 3.10. The van der Waals surface area contributed by atoms with Crippen molar-refractivity contribution in [2.24, 2.45) is 0 Å². The van der Waals surface area contributed by atoms with Crippen molar-refractivity contribution in [1.82, 2.24) is 5.32 Å². The Morgan fingerprint density at radius 1 is 0.960 bits per heavy atom. The summed E-state index contributed by atoms with van der Waals surface area (Å²) in [5, 5.41) is 3.55. The molecule has 2 nitrogen and oxygen atoms in total. The van der Waals surface area contributed by atoms with E-state index in [0.717, 1.165) is 32.7 Å². The summed E-state index contributed by atoms with van der Waals surface area (Å²) in [6.45, 7) is 2.25. The summed E-state index contributed by atoms with van der Waals surface area (Å²) in [7, 11) is 0. The number of hydrogen-bond donors (Lipinski definition) is 1. The standard InChI is InChI=1S/C21H25NOS2/c1-2-3-4-5-10-15-25-21(24)22-20-16-11-6-8-13-18(16)23-19-14-9-7-12-17(19)20/h6-9,11-14,20H,2-5,10,15H2,1H3,(H,22,24). The average molecular weight is 372 g/mol. The molecule has 0 bridgehead atoms. The zero-order valence-electron chi connectivity index (χ0n) is 14.7. The smallest absolute Gasteiger partial charge is 0.134 e. The van der Waals surface area contributed by atoms with E-state index in [9.17, 15) is 0 Å². The van der Waals surface area contributed by atoms with Gasteiger partial charge in [0.15, 0.2) is 0 Å². The second kappa shape index (κ2) is 9.25. The predicted octanol–water partition coefficient (Wildman–Crippen LogP) is 6.46. The molecule has 0 saturated heterocycles. The number of para-hydroxylation sites is 2. The lowest BCUT2D eigenvalue weighted by molar-refractivity contribution is 0.442. The lowest BCUT2D eigenvalue weighted by atomic mass is 9.95. The second-order valence-electron chi connectivity index (χ2n) is 6.31. The van der Waals surface area contributed by atoms with Crippen molar-refractivity contribution in [3.63, 3.8) is 0 Å². The van der Waals surface area contributed by atoms with Crippen LogP contribution in [0, 0.1) is 0 Å². The molecule has 0 atom stereocenters. The van der Waals surface area contributed by atoms with Crippen LogP contribution in [0.5, 0.6) is 11.5 Å². The van der Waals surface area contributed by atoms with E-state index < -0.39 is 0 Å². The summed E-state index contributed by atoms with van der Waals surface area (Å²) in [5.74, 6) is 2.90. The third-order valence-electron chi connectivity index (χ3n) is 4.42. The third kappa shape index (κ3) is 4.77. The van der Waals surface area contributed by atoms with Gasteiger partial charge in [-0.15, -0.1) is 0 Å². The number of ether oxygens (including phenoxy) is 1. The van der Waals surface area contributed by atoms with Crippen LogP contribution in [0.2, 0.25) is 0 Å². The Kier molecular flexibility index (Phi) is 6.76. The molecule has 1 aliphatic heterocycles. The van der Waals surface area contributed by atoms with Gasteiger partial charge < -0.3 is 10.1 Å². The lowest BCUT2D eigenvalue weighted by Gasteiger charge is -2.29. The normalized spacial score (nSPS) is 12.8. The first-order valence-corrected chi connectivity index (χ1v) is 10.5. The van der Waals surface area contributed by atoms with Gasteiger partial charge >= 0.3 is 0 Å². The molecule has 0 amide bonds. The number of benzene rings is 2. The van der Waals surface area contributed by atoms with E-state index in [2.05, 4.69) is 36.5 Å². The van der Waals surface area contributed by atoms with Crippen LogP contribution < -0.4 is 10.1 Å². The predicted molar refractivity (Wildman–Crippen MR) is 112 cm³/mol. The highest BCUT2D eigenvalue weighted by Crippen LogP contribution is 2.42. The number of nitrogens with one attached hydrogen (secondary N) is 1. The molecule has 0 unspecified atom stereocenters. The Morgan fingerprint density at radius 2 is 1.56 bits per heavy atom. The molecule has 3 rings (SSSR count). The molecule has 1 heterocycles. The summed E-state index contributed by atoms with van der Waals surface area (Å²) in [5.41, 5.74) is 2.29. The van der Waals surface area contributed by atoms with Crippen molar-refractivity contribution in [3.05, 3.63) is 59.7 Å². The first-order chi connectivity index (χ1) is 12.3.